The van der Waals surface area contributed by atoms with E-state index in [4.69, 9.17) is 0 Å². The van der Waals surface area contributed by atoms with Crippen LogP contribution in [0.2, 0.25) is 0 Å². The molecule has 0 aliphatic carbocycles. The number of aryl methyl sites for hydroxylation is 3. The molecule has 33 heavy (non-hydrogen) atoms. The molecular weight excluding hydrogens is 400 g/mol. The molecule has 0 saturated carbocycles. The molecule has 0 aliphatic heterocycles. The van der Waals surface area contributed by atoms with Gasteiger partial charge in [0.05, 0.1) is 13.1 Å². The molecule has 0 aliphatic rings. The van der Waals surface area contributed by atoms with Crippen LogP contribution >= 0.6 is 0 Å². The fourth-order valence-electron chi connectivity index (χ4n) is 4.93. The fourth-order valence-corrected chi connectivity index (χ4v) is 4.93. The van der Waals surface area contributed by atoms with Crippen LogP contribution in [0.3, 0.4) is 0 Å². The van der Waals surface area contributed by atoms with E-state index in [1.165, 1.54) is 128 Å². The van der Waals surface area contributed by atoms with E-state index in [-0.39, 0.29) is 0 Å². The minimum Gasteiger partial charge on any atom is -0.234 e. The van der Waals surface area contributed by atoms with Crippen LogP contribution in [0.4, 0.5) is 0 Å². The Hall–Kier alpha value is -1.57. The van der Waals surface area contributed by atoms with Gasteiger partial charge in [0.2, 0.25) is 0 Å². The van der Waals surface area contributed by atoms with Gasteiger partial charge in [0.15, 0.2) is 0 Å². The molecule has 0 atom stereocenters. The number of hydrogen-bond donors (Lipinski definition) is 0. The summed E-state index contributed by atoms with van der Waals surface area (Å²) >= 11 is 0. The minimum absolute atomic E-state index is 1.14. The molecule has 1 aromatic carbocycles. The average molecular weight is 454 g/mol. The van der Waals surface area contributed by atoms with Gasteiger partial charge in [0, 0.05) is 6.42 Å². The first-order valence-electron chi connectivity index (χ1n) is 14.5. The lowest BCUT2D eigenvalue weighted by Gasteiger charge is -2.06. The van der Waals surface area contributed by atoms with Crippen LogP contribution in [0.25, 0.3) is 0 Å². The van der Waals surface area contributed by atoms with Gasteiger partial charge in [-0.15, -0.1) is 0 Å². The third kappa shape index (κ3) is 12.5. The van der Waals surface area contributed by atoms with Crippen molar-refractivity contribution in [3.05, 3.63) is 54.1 Å². The molecule has 0 N–H and O–H groups in total. The maximum Gasteiger partial charge on any atom is 0.256 e. The Kier molecular flexibility index (Phi) is 15.8. The van der Waals surface area contributed by atoms with Crippen molar-refractivity contribution in [1.29, 1.82) is 0 Å². The molecule has 0 saturated heterocycles. The second-order valence-corrected chi connectivity index (χ2v) is 10.0. The van der Waals surface area contributed by atoms with Crippen LogP contribution in [0.5, 0.6) is 0 Å². The molecule has 186 valence electrons. The summed E-state index contributed by atoms with van der Waals surface area (Å²) in [5.41, 5.74) is 1.46. The zero-order valence-corrected chi connectivity index (χ0v) is 22.1. The van der Waals surface area contributed by atoms with Crippen LogP contribution in [0.15, 0.2) is 42.7 Å². The van der Waals surface area contributed by atoms with Crippen LogP contribution < -0.4 is 4.57 Å². The highest BCUT2D eigenvalue weighted by atomic mass is 15.1. The number of imidazole rings is 1. The normalized spacial score (nSPS) is 11.3. The Balaban J connectivity index is 1.59. The first-order chi connectivity index (χ1) is 16.3. The summed E-state index contributed by atoms with van der Waals surface area (Å²) in [7, 11) is 0. The molecule has 2 aromatic rings. The number of hydrogen-bond acceptors (Lipinski definition) is 0. The van der Waals surface area contributed by atoms with Gasteiger partial charge < -0.3 is 0 Å². The second-order valence-electron chi connectivity index (χ2n) is 10.0. The van der Waals surface area contributed by atoms with Gasteiger partial charge in [-0.05, 0) is 37.7 Å². The summed E-state index contributed by atoms with van der Waals surface area (Å²) in [6, 6.07) is 10.9. The van der Waals surface area contributed by atoms with Crippen molar-refractivity contribution in [2.75, 3.05) is 0 Å². The Morgan fingerprint density at radius 1 is 0.606 bits per heavy atom. The molecule has 1 aromatic heterocycles. The van der Waals surface area contributed by atoms with Crippen molar-refractivity contribution in [2.24, 2.45) is 0 Å². The van der Waals surface area contributed by atoms with Gasteiger partial charge in [-0.25, -0.2) is 9.13 Å². The van der Waals surface area contributed by atoms with Gasteiger partial charge in [-0.2, -0.15) is 0 Å². The first-order valence-corrected chi connectivity index (χ1v) is 14.5. The molecule has 0 amide bonds. The standard InChI is InChI=1S/C31H53N2/c1-3-5-7-8-9-10-11-12-13-14-15-16-20-26-32-28-29-33(31(32)25-6-4-2)27-21-24-30-22-18-17-19-23-30/h17-19,22-23,28-29H,3-16,20-21,24-27H2,1-2H3/q+1. The number of rotatable bonds is 21. The Morgan fingerprint density at radius 3 is 1.79 bits per heavy atom. The van der Waals surface area contributed by atoms with E-state index in [1.807, 2.05) is 0 Å². The largest absolute Gasteiger partial charge is 0.256 e. The monoisotopic (exact) mass is 453 g/mol. The number of aromatic nitrogens is 2. The summed E-state index contributed by atoms with van der Waals surface area (Å²) in [5, 5.41) is 0. The van der Waals surface area contributed by atoms with E-state index in [0.717, 1.165) is 6.54 Å². The lowest BCUT2D eigenvalue weighted by molar-refractivity contribution is -0.704. The third-order valence-corrected chi connectivity index (χ3v) is 7.05. The minimum atomic E-state index is 1.14. The van der Waals surface area contributed by atoms with Crippen molar-refractivity contribution in [3.63, 3.8) is 0 Å². The van der Waals surface area contributed by atoms with E-state index in [1.54, 1.807) is 5.82 Å². The van der Waals surface area contributed by atoms with Crippen LogP contribution in [0, 0.1) is 0 Å². The smallest absolute Gasteiger partial charge is 0.234 e. The molecule has 1 heterocycles. The summed E-state index contributed by atoms with van der Waals surface area (Å²) in [4.78, 5) is 0. The van der Waals surface area contributed by atoms with E-state index < -0.39 is 0 Å². The quantitative estimate of drug-likeness (QED) is 0.132. The van der Waals surface area contributed by atoms with Gasteiger partial charge in [-0.1, -0.05) is 121 Å². The zero-order chi connectivity index (χ0) is 23.4. The number of unbranched alkanes of at least 4 members (excludes halogenated alkanes) is 13. The molecular formula is C31H53N2+. The number of benzene rings is 1. The maximum absolute atomic E-state index is 2.55. The van der Waals surface area contributed by atoms with Gasteiger partial charge >= 0.3 is 0 Å². The van der Waals surface area contributed by atoms with Crippen molar-refractivity contribution < 1.29 is 4.57 Å². The molecule has 0 spiro atoms. The molecule has 2 heteroatoms. The Labute approximate surface area is 205 Å². The second kappa shape index (κ2) is 18.8. The predicted molar refractivity (Wildman–Crippen MR) is 144 cm³/mol. The van der Waals surface area contributed by atoms with E-state index in [9.17, 15) is 0 Å². The molecule has 2 nitrogen and oxygen atoms in total. The molecule has 0 bridgehead atoms. The van der Waals surface area contributed by atoms with Gasteiger partial charge in [0.1, 0.15) is 12.4 Å². The summed E-state index contributed by atoms with van der Waals surface area (Å²) in [6.07, 6.45) is 29.4. The topological polar surface area (TPSA) is 8.81 Å². The fraction of sp³-hybridized carbons (Fsp3) is 0.710. The SMILES string of the molecule is CCCCCCCCCCCCCCCn1cc[n+](CCCc2ccccc2)c1CCCC. The lowest BCUT2D eigenvalue weighted by atomic mass is 10.0. The van der Waals surface area contributed by atoms with Crippen molar-refractivity contribution >= 4 is 0 Å². The molecule has 0 fully saturated rings. The highest BCUT2D eigenvalue weighted by Crippen LogP contribution is 2.13. The van der Waals surface area contributed by atoms with Crippen LogP contribution in [0.1, 0.15) is 128 Å². The molecule has 2 rings (SSSR count). The zero-order valence-electron chi connectivity index (χ0n) is 22.1. The van der Waals surface area contributed by atoms with Crippen molar-refractivity contribution in [1.82, 2.24) is 4.57 Å². The molecule has 0 unspecified atom stereocenters. The predicted octanol–water partition coefficient (Wildman–Crippen LogP) is 8.84. The lowest BCUT2D eigenvalue weighted by Crippen LogP contribution is -2.37. The Morgan fingerprint density at radius 2 is 1.18 bits per heavy atom. The molecule has 0 radical (unpaired) electrons. The van der Waals surface area contributed by atoms with E-state index >= 15 is 0 Å². The van der Waals surface area contributed by atoms with E-state index in [0.29, 0.717) is 0 Å². The first kappa shape index (κ1) is 27.7. The van der Waals surface area contributed by atoms with Gasteiger partial charge in [-0.3, -0.25) is 0 Å². The maximum atomic E-state index is 2.55. The van der Waals surface area contributed by atoms with Crippen molar-refractivity contribution in [3.8, 4) is 0 Å². The van der Waals surface area contributed by atoms with Crippen LogP contribution in [-0.2, 0) is 25.9 Å². The third-order valence-electron chi connectivity index (χ3n) is 7.05. The average Bonchev–Trinajstić information content (AvgIpc) is 3.22. The van der Waals surface area contributed by atoms with Crippen LogP contribution in [-0.4, -0.2) is 4.57 Å². The number of nitrogens with zero attached hydrogens (tertiary/aromatic N) is 2. The summed E-state index contributed by atoms with van der Waals surface area (Å²) in [6.45, 7) is 6.94. The van der Waals surface area contributed by atoms with Gasteiger partial charge in [0.25, 0.3) is 5.82 Å². The Bertz CT molecular complexity index is 688. The van der Waals surface area contributed by atoms with Crippen molar-refractivity contribution in [2.45, 2.75) is 143 Å². The van der Waals surface area contributed by atoms with E-state index in [2.05, 4.69) is 65.7 Å². The summed E-state index contributed by atoms with van der Waals surface area (Å²) < 4.78 is 5.08. The highest BCUT2D eigenvalue weighted by molar-refractivity contribution is 5.14. The highest BCUT2D eigenvalue weighted by Gasteiger charge is 2.16. The summed E-state index contributed by atoms with van der Waals surface area (Å²) in [5.74, 6) is 1.55.